The van der Waals surface area contributed by atoms with Gasteiger partial charge in [0.1, 0.15) is 11.6 Å². The highest BCUT2D eigenvalue weighted by Gasteiger charge is 2.22. The number of ether oxygens (including phenoxy) is 1. The van der Waals surface area contributed by atoms with Crippen LogP contribution in [0.15, 0.2) is 54.7 Å². The van der Waals surface area contributed by atoms with Crippen LogP contribution in [-0.2, 0) is 13.0 Å². The zero-order chi connectivity index (χ0) is 23.4. The second-order valence-corrected chi connectivity index (χ2v) is 8.04. The standard InChI is InChI=1S/C25H27N5O3/c1-16-6-9-22(33-3)21(13-16)28-24(31)27-20-8-7-19-15-30(12-10-18(19)14-20)25(32)29-23-17(2)5-4-11-26-23/h4-9,11,13-14H,10,12,15H2,1-3H3,(H,26,29,32)(H2,27,28,31). The largest absolute Gasteiger partial charge is 0.495 e. The van der Waals surface area contributed by atoms with Gasteiger partial charge in [-0.25, -0.2) is 14.6 Å². The maximum absolute atomic E-state index is 12.7. The molecule has 0 unspecified atom stereocenters. The van der Waals surface area contributed by atoms with Crippen LogP contribution in [-0.4, -0.2) is 35.6 Å². The van der Waals surface area contributed by atoms with E-state index in [4.69, 9.17) is 4.74 Å². The predicted octanol–water partition coefficient (Wildman–Crippen LogP) is 4.94. The van der Waals surface area contributed by atoms with Crippen molar-refractivity contribution in [3.63, 3.8) is 0 Å². The van der Waals surface area contributed by atoms with Crippen LogP contribution in [0.1, 0.15) is 22.3 Å². The second-order valence-electron chi connectivity index (χ2n) is 8.04. The fourth-order valence-electron chi connectivity index (χ4n) is 3.81. The van der Waals surface area contributed by atoms with Gasteiger partial charge in [-0.15, -0.1) is 0 Å². The first kappa shape index (κ1) is 22.1. The number of aromatic nitrogens is 1. The van der Waals surface area contributed by atoms with Gasteiger partial charge in [-0.1, -0.05) is 18.2 Å². The van der Waals surface area contributed by atoms with Gasteiger partial charge in [0.25, 0.3) is 0 Å². The third kappa shape index (κ3) is 5.23. The molecular formula is C25H27N5O3. The molecule has 33 heavy (non-hydrogen) atoms. The smallest absolute Gasteiger partial charge is 0.323 e. The van der Waals surface area contributed by atoms with Crippen LogP contribution in [0.3, 0.4) is 0 Å². The van der Waals surface area contributed by atoms with Crippen molar-refractivity contribution in [1.29, 1.82) is 0 Å². The average molecular weight is 446 g/mol. The van der Waals surface area contributed by atoms with Crippen LogP contribution < -0.4 is 20.7 Å². The third-order valence-corrected chi connectivity index (χ3v) is 5.60. The van der Waals surface area contributed by atoms with Crippen molar-refractivity contribution in [3.8, 4) is 5.75 Å². The maximum atomic E-state index is 12.7. The highest BCUT2D eigenvalue weighted by atomic mass is 16.5. The van der Waals surface area contributed by atoms with Crippen LogP contribution in [0.4, 0.5) is 26.8 Å². The molecule has 8 nitrogen and oxygen atoms in total. The van der Waals surface area contributed by atoms with Crippen LogP contribution in [0.5, 0.6) is 5.75 Å². The molecule has 3 aromatic rings. The number of fused-ring (bicyclic) bond motifs is 1. The highest BCUT2D eigenvalue weighted by molar-refractivity contribution is 6.00. The molecule has 0 bridgehead atoms. The maximum Gasteiger partial charge on any atom is 0.323 e. The van der Waals surface area contributed by atoms with E-state index < -0.39 is 0 Å². The van der Waals surface area contributed by atoms with E-state index in [9.17, 15) is 9.59 Å². The van der Waals surface area contributed by atoms with E-state index in [-0.39, 0.29) is 12.1 Å². The zero-order valence-corrected chi connectivity index (χ0v) is 18.9. The SMILES string of the molecule is COc1ccc(C)cc1NC(=O)Nc1ccc2c(c1)CCN(C(=O)Nc1ncccc1C)C2. The number of carbonyl (C=O) groups is 2. The van der Waals surface area contributed by atoms with Crippen molar-refractivity contribution < 1.29 is 14.3 Å². The Morgan fingerprint density at radius 1 is 1.00 bits per heavy atom. The molecule has 0 saturated heterocycles. The number of benzene rings is 2. The summed E-state index contributed by atoms with van der Waals surface area (Å²) in [6.45, 7) is 4.95. The molecule has 0 atom stereocenters. The van der Waals surface area contributed by atoms with E-state index in [1.807, 2.05) is 62.4 Å². The Hall–Kier alpha value is -4.07. The minimum absolute atomic E-state index is 0.170. The van der Waals surface area contributed by atoms with E-state index in [2.05, 4.69) is 20.9 Å². The van der Waals surface area contributed by atoms with Gasteiger partial charge in [-0.2, -0.15) is 0 Å². The molecule has 2 aromatic carbocycles. The summed E-state index contributed by atoms with van der Waals surface area (Å²) in [6, 6.07) is 14.6. The molecule has 0 aliphatic carbocycles. The number of urea groups is 2. The molecule has 1 aliphatic rings. The van der Waals surface area contributed by atoms with E-state index in [1.54, 1.807) is 18.2 Å². The van der Waals surface area contributed by atoms with Gasteiger partial charge < -0.3 is 20.3 Å². The van der Waals surface area contributed by atoms with Crippen LogP contribution in [0.25, 0.3) is 0 Å². The average Bonchev–Trinajstić information content (AvgIpc) is 2.80. The van der Waals surface area contributed by atoms with E-state index in [0.717, 1.165) is 22.3 Å². The zero-order valence-electron chi connectivity index (χ0n) is 18.9. The molecule has 8 heteroatoms. The van der Waals surface area contributed by atoms with Crippen molar-refractivity contribution in [2.75, 3.05) is 29.6 Å². The summed E-state index contributed by atoms with van der Waals surface area (Å²) < 4.78 is 5.32. The van der Waals surface area contributed by atoms with Gasteiger partial charge in [-0.05, 0) is 72.9 Å². The Morgan fingerprint density at radius 2 is 1.85 bits per heavy atom. The quantitative estimate of drug-likeness (QED) is 0.530. The number of nitrogens with zero attached hydrogens (tertiary/aromatic N) is 2. The summed E-state index contributed by atoms with van der Waals surface area (Å²) in [6.07, 6.45) is 2.36. The third-order valence-electron chi connectivity index (χ3n) is 5.60. The van der Waals surface area contributed by atoms with E-state index in [1.165, 1.54) is 0 Å². The number of methoxy groups -OCH3 is 1. The Kier molecular flexibility index (Phi) is 6.44. The number of amides is 4. The fourth-order valence-corrected chi connectivity index (χ4v) is 3.81. The number of hydrogen-bond donors (Lipinski definition) is 3. The van der Waals surface area contributed by atoms with Crippen molar-refractivity contribution in [2.24, 2.45) is 0 Å². The van der Waals surface area contributed by atoms with E-state index in [0.29, 0.717) is 42.5 Å². The van der Waals surface area contributed by atoms with E-state index >= 15 is 0 Å². The summed E-state index contributed by atoms with van der Waals surface area (Å²) in [5.41, 5.74) is 5.41. The molecule has 4 rings (SSSR count). The number of anilines is 3. The molecule has 4 amide bonds. The number of nitrogens with one attached hydrogen (secondary N) is 3. The van der Waals surface area contributed by atoms with Gasteiger partial charge in [0.15, 0.2) is 0 Å². The lowest BCUT2D eigenvalue weighted by Gasteiger charge is -2.29. The monoisotopic (exact) mass is 445 g/mol. The van der Waals surface area contributed by atoms with Crippen molar-refractivity contribution in [2.45, 2.75) is 26.8 Å². The van der Waals surface area contributed by atoms with Crippen molar-refractivity contribution in [3.05, 3.63) is 77.0 Å². The Morgan fingerprint density at radius 3 is 2.64 bits per heavy atom. The minimum atomic E-state index is -0.346. The summed E-state index contributed by atoms with van der Waals surface area (Å²) in [4.78, 5) is 31.2. The Labute approximate surface area is 193 Å². The molecule has 0 radical (unpaired) electrons. The summed E-state index contributed by atoms with van der Waals surface area (Å²) in [5.74, 6) is 1.17. The number of aryl methyl sites for hydroxylation is 2. The number of hydrogen-bond acceptors (Lipinski definition) is 4. The first-order valence-electron chi connectivity index (χ1n) is 10.7. The molecule has 170 valence electrons. The lowest BCUT2D eigenvalue weighted by atomic mass is 9.99. The number of rotatable bonds is 4. The van der Waals surface area contributed by atoms with Crippen molar-refractivity contribution >= 4 is 29.3 Å². The minimum Gasteiger partial charge on any atom is -0.495 e. The number of carbonyl (C=O) groups excluding carboxylic acids is 2. The van der Waals surface area contributed by atoms with Gasteiger partial charge in [0.2, 0.25) is 0 Å². The molecule has 2 heterocycles. The van der Waals surface area contributed by atoms with Gasteiger partial charge >= 0.3 is 12.1 Å². The van der Waals surface area contributed by atoms with Crippen LogP contribution in [0.2, 0.25) is 0 Å². The highest BCUT2D eigenvalue weighted by Crippen LogP contribution is 2.26. The molecule has 0 fully saturated rings. The normalized spacial score (nSPS) is 12.5. The van der Waals surface area contributed by atoms with Gasteiger partial charge in [0, 0.05) is 25.0 Å². The van der Waals surface area contributed by atoms with Crippen LogP contribution >= 0.6 is 0 Å². The molecule has 1 aromatic heterocycles. The summed E-state index contributed by atoms with van der Waals surface area (Å²) in [7, 11) is 1.57. The lowest BCUT2D eigenvalue weighted by Crippen LogP contribution is -2.39. The topological polar surface area (TPSA) is 95.6 Å². The molecule has 0 spiro atoms. The fraction of sp³-hybridized carbons (Fsp3) is 0.240. The lowest BCUT2D eigenvalue weighted by molar-refractivity contribution is 0.206. The molecular weight excluding hydrogens is 418 g/mol. The molecule has 1 aliphatic heterocycles. The van der Waals surface area contributed by atoms with Gasteiger partial charge in [-0.3, -0.25) is 5.32 Å². The second kappa shape index (κ2) is 9.60. The first-order chi connectivity index (χ1) is 15.9. The summed E-state index contributed by atoms with van der Waals surface area (Å²) >= 11 is 0. The Bertz CT molecular complexity index is 1190. The van der Waals surface area contributed by atoms with Crippen molar-refractivity contribution in [1.82, 2.24) is 9.88 Å². The Balaban J connectivity index is 1.39. The number of pyridine rings is 1. The first-order valence-corrected chi connectivity index (χ1v) is 10.7. The summed E-state index contributed by atoms with van der Waals surface area (Å²) in [5, 5.41) is 8.60. The van der Waals surface area contributed by atoms with Crippen LogP contribution in [0, 0.1) is 13.8 Å². The molecule has 0 saturated carbocycles. The predicted molar refractivity (Wildman–Crippen MR) is 129 cm³/mol. The van der Waals surface area contributed by atoms with Gasteiger partial charge in [0.05, 0.1) is 12.8 Å². The molecule has 3 N–H and O–H groups in total.